The number of aromatic nitrogens is 6. The number of nitrogens with one attached hydrogen (secondary N) is 2. The number of benzene rings is 2. The zero-order valence-corrected chi connectivity index (χ0v) is 17.6. The summed E-state index contributed by atoms with van der Waals surface area (Å²) in [6, 6.07) is 11.1. The smallest absolute Gasteiger partial charge is 0.323 e. The molecule has 10 heteroatoms. The van der Waals surface area contributed by atoms with Gasteiger partial charge in [-0.2, -0.15) is 19.0 Å². The molecule has 2 N–H and O–H groups in total. The van der Waals surface area contributed by atoms with Gasteiger partial charge in [0, 0.05) is 41.5 Å². The first-order valence-corrected chi connectivity index (χ1v) is 10.0. The molecule has 3 heterocycles. The van der Waals surface area contributed by atoms with E-state index in [1.54, 1.807) is 36.1 Å². The van der Waals surface area contributed by atoms with Crippen molar-refractivity contribution < 1.29 is 13.2 Å². The van der Waals surface area contributed by atoms with Crippen molar-refractivity contribution in [2.24, 2.45) is 7.05 Å². The summed E-state index contributed by atoms with van der Waals surface area (Å²) in [4.78, 5) is 8.34. The minimum absolute atomic E-state index is 0.182. The van der Waals surface area contributed by atoms with Crippen LogP contribution >= 0.6 is 0 Å². The number of halogens is 3. The zero-order chi connectivity index (χ0) is 23.2. The standard InChI is InChI=1S/C23H18F3N7/c1-13-9-20(32-31-13)29-21-18-8-3-14(15-11-27-33(2)12-15)10-19(18)28-22(30-21)23(25,26)16-4-6-17(24)7-5-16/h3-12H,1-2H3,(H2,28,29,30,31,32). The number of aryl methyl sites for hydroxylation is 2. The minimum atomic E-state index is -3.55. The molecule has 33 heavy (non-hydrogen) atoms. The highest BCUT2D eigenvalue weighted by Gasteiger charge is 2.38. The lowest BCUT2D eigenvalue weighted by atomic mass is 10.1. The van der Waals surface area contributed by atoms with Crippen molar-refractivity contribution in [3.05, 3.63) is 83.8 Å². The van der Waals surface area contributed by atoms with Crippen LogP contribution in [0.5, 0.6) is 0 Å². The molecule has 2 aromatic carbocycles. The lowest BCUT2D eigenvalue weighted by Crippen LogP contribution is -2.20. The van der Waals surface area contributed by atoms with Crippen LogP contribution in [0.15, 0.2) is 60.9 Å². The van der Waals surface area contributed by atoms with Crippen LogP contribution in [-0.4, -0.2) is 29.9 Å². The predicted octanol–water partition coefficient (Wildman–Crippen LogP) is 5.08. The highest BCUT2D eigenvalue weighted by Crippen LogP contribution is 2.37. The first-order chi connectivity index (χ1) is 15.8. The van der Waals surface area contributed by atoms with Crippen LogP contribution in [0.4, 0.5) is 24.8 Å². The third-order valence-electron chi connectivity index (χ3n) is 5.18. The molecule has 0 fully saturated rings. The molecule has 0 aliphatic rings. The lowest BCUT2D eigenvalue weighted by Gasteiger charge is -2.18. The van der Waals surface area contributed by atoms with Crippen molar-refractivity contribution in [2.75, 3.05) is 5.32 Å². The number of fused-ring (bicyclic) bond motifs is 1. The molecule has 0 atom stereocenters. The van der Waals surface area contributed by atoms with Gasteiger partial charge in [-0.15, -0.1) is 0 Å². The van der Waals surface area contributed by atoms with Crippen LogP contribution in [0.25, 0.3) is 22.0 Å². The van der Waals surface area contributed by atoms with E-state index in [1.165, 1.54) is 0 Å². The Kier molecular flexibility index (Phi) is 4.85. The van der Waals surface area contributed by atoms with Gasteiger partial charge in [0.25, 0.3) is 0 Å². The Morgan fingerprint density at radius 1 is 1.00 bits per heavy atom. The third kappa shape index (κ3) is 3.91. The maximum Gasteiger partial charge on any atom is 0.331 e. The van der Waals surface area contributed by atoms with E-state index in [-0.39, 0.29) is 5.82 Å². The molecular formula is C23H18F3N7. The maximum absolute atomic E-state index is 15.4. The van der Waals surface area contributed by atoms with Crippen LogP contribution in [0.3, 0.4) is 0 Å². The molecule has 0 aliphatic heterocycles. The monoisotopic (exact) mass is 449 g/mol. The Bertz CT molecular complexity index is 1450. The number of nitrogens with zero attached hydrogens (tertiary/aromatic N) is 5. The average molecular weight is 449 g/mol. The first kappa shape index (κ1) is 20.7. The summed E-state index contributed by atoms with van der Waals surface area (Å²) in [6.45, 7) is 1.82. The summed E-state index contributed by atoms with van der Waals surface area (Å²) in [7, 11) is 1.79. The first-order valence-electron chi connectivity index (χ1n) is 10.0. The van der Waals surface area contributed by atoms with Gasteiger partial charge >= 0.3 is 5.92 Å². The molecule has 7 nitrogen and oxygen atoms in total. The maximum atomic E-state index is 15.4. The Morgan fingerprint density at radius 3 is 2.45 bits per heavy atom. The summed E-state index contributed by atoms with van der Waals surface area (Å²) in [6.07, 6.45) is 3.50. The quantitative estimate of drug-likeness (QED) is 0.391. The fraction of sp³-hybridized carbons (Fsp3) is 0.130. The van der Waals surface area contributed by atoms with Crippen molar-refractivity contribution in [1.82, 2.24) is 29.9 Å². The van der Waals surface area contributed by atoms with Crippen LogP contribution in [0.2, 0.25) is 0 Å². The average Bonchev–Trinajstić information content (AvgIpc) is 3.41. The van der Waals surface area contributed by atoms with Crippen molar-refractivity contribution in [2.45, 2.75) is 12.8 Å². The Morgan fingerprint density at radius 2 is 1.79 bits per heavy atom. The van der Waals surface area contributed by atoms with Gasteiger partial charge in [-0.3, -0.25) is 9.78 Å². The van der Waals surface area contributed by atoms with E-state index in [4.69, 9.17) is 0 Å². The molecule has 3 aromatic heterocycles. The van der Waals surface area contributed by atoms with Crippen LogP contribution < -0.4 is 5.32 Å². The van der Waals surface area contributed by atoms with E-state index in [0.717, 1.165) is 41.1 Å². The second-order valence-corrected chi connectivity index (χ2v) is 7.67. The number of H-pyrrole nitrogens is 1. The van der Waals surface area contributed by atoms with Crippen molar-refractivity contribution in [1.29, 1.82) is 0 Å². The molecule has 5 rings (SSSR count). The van der Waals surface area contributed by atoms with Crippen LogP contribution in [0, 0.1) is 12.7 Å². The molecule has 0 unspecified atom stereocenters. The molecule has 0 spiro atoms. The van der Waals surface area contributed by atoms with E-state index in [9.17, 15) is 4.39 Å². The van der Waals surface area contributed by atoms with Gasteiger partial charge in [0.2, 0.25) is 5.82 Å². The normalized spacial score (nSPS) is 11.8. The topological polar surface area (TPSA) is 84.3 Å². The Balaban J connectivity index is 1.68. The number of hydrogen-bond donors (Lipinski definition) is 2. The SMILES string of the molecule is Cc1cc(Nc2nc(C(F)(F)c3ccc(F)cc3)nc3cc(-c4cnn(C)c4)ccc23)n[nH]1. The number of rotatable bonds is 5. The van der Waals surface area contributed by atoms with Gasteiger partial charge < -0.3 is 5.32 Å². The molecule has 5 aromatic rings. The summed E-state index contributed by atoms with van der Waals surface area (Å²) < 4.78 is 45.7. The van der Waals surface area contributed by atoms with E-state index in [1.807, 2.05) is 19.2 Å². The van der Waals surface area contributed by atoms with Gasteiger partial charge in [-0.25, -0.2) is 14.4 Å². The summed E-state index contributed by atoms with van der Waals surface area (Å²) >= 11 is 0. The lowest BCUT2D eigenvalue weighted by molar-refractivity contribution is 0.0333. The molecular weight excluding hydrogens is 431 g/mol. The summed E-state index contributed by atoms with van der Waals surface area (Å²) in [5.74, 6) is -4.25. The fourth-order valence-corrected chi connectivity index (χ4v) is 3.51. The van der Waals surface area contributed by atoms with Gasteiger partial charge in [-0.1, -0.05) is 6.07 Å². The number of alkyl halides is 2. The van der Waals surface area contributed by atoms with Gasteiger partial charge in [0.1, 0.15) is 11.6 Å². The van der Waals surface area contributed by atoms with E-state index >= 15 is 8.78 Å². The number of aromatic amines is 1. The van der Waals surface area contributed by atoms with E-state index in [0.29, 0.717) is 16.7 Å². The second kappa shape index (κ2) is 7.73. The molecule has 0 amide bonds. The van der Waals surface area contributed by atoms with E-state index in [2.05, 4.69) is 30.6 Å². The fourth-order valence-electron chi connectivity index (χ4n) is 3.51. The number of hydrogen-bond acceptors (Lipinski definition) is 5. The minimum Gasteiger partial charge on any atom is -0.323 e. The highest BCUT2D eigenvalue weighted by molar-refractivity contribution is 5.93. The highest BCUT2D eigenvalue weighted by atomic mass is 19.3. The molecule has 0 bridgehead atoms. The molecule has 0 saturated heterocycles. The predicted molar refractivity (Wildman–Crippen MR) is 118 cm³/mol. The van der Waals surface area contributed by atoms with Crippen molar-refractivity contribution in [3.63, 3.8) is 0 Å². The molecule has 0 aliphatic carbocycles. The zero-order valence-electron chi connectivity index (χ0n) is 17.6. The Hall–Kier alpha value is -4.21. The molecule has 0 saturated carbocycles. The third-order valence-corrected chi connectivity index (χ3v) is 5.18. The Labute approximate surface area is 186 Å². The van der Waals surface area contributed by atoms with E-state index < -0.39 is 23.1 Å². The van der Waals surface area contributed by atoms with Gasteiger partial charge in [0.15, 0.2) is 5.82 Å². The van der Waals surface area contributed by atoms with Crippen LogP contribution in [0.1, 0.15) is 17.1 Å². The van der Waals surface area contributed by atoms with Gasteiger partial charge in [0.05, 0.1) is 11.7 Å². The second-order valence-electron chi connectivity index (χ2n) is 7.67. The van der Waals surface area contributed by atoms with Crippen molar-refractivity contribution in [3.8, 4) is 11.1 Å². The van der Waals surface area contributed by atoms with Crippen molar-refractivity contribution >= 4 is 22.5 Å². The van der Waals surface area contributed by atoms with Gasteiger partial charge in [-0.05, 0) is 48.9 Å². The largest absolute Gasteiger partial charge is 0.331 e. The number of anilines is 2. The molecule has 0 radical (unpaired) electrons. The van der Waals surface area contributed by atoms with Crippen LogP contribution in [-0.2, 0) is 13.0 Å². The summed E-state index contributed by atoms with van der Waals surface area (Å²) in [5.41, 5.74) is 2.30. The molecule has 166 valence electrons. The summed E-state index contributed by atoms with van der Waals surface area (Å²) in [5, 5.41) is 14.6.